The van der Waals surface area contributed by atoms with Gasteiger partial charge in [-0.1, -0.05) is 6.58 Å². The molecule has 0 unspecified atom stereocenters. The Morgan fingerprint density at radius 2 is 2.11 bits per heavy atom. The van der Waals surface area contributed by atoms with Crippen LogP contribution in [0.25, 0.3) is 0 Å². The van der Waals surface area contributed by atoms with Crippen LogP contribution in [0.5, 0.6) is 0 Å². The van der Waals surface area contributed by atoms with Gasteiger partial charge in [-0.15, -0.1) is 0 Å². The lowest BCUT2D eigenvalue weighted by molar-refractivity contribution is 1.32. The van der Waals surface area contributed by atoms with Crippen LogP contribution in [0, 0.1) is 0 Å². The molecule has 0 radical (unpaired) electrons. The van der Waals surface area contributed by atoms with Crippen molar-refractivity contribution in [3.05, 3.63) is 24.6 Å². The molecule has 0 saturated carbocycles. The van der Waals surface area contributed by atoms with Crippen LogP contribution in [0.15, 0.2) is 29.5 Å². The van der Waals surface area contributed by atoms with E-state index in [1.165, 1.54) is 6.20 Å². The van der Waals surface area contributed by atoms with Crippen LogP contribution in [0.1, 0.15) is 13.8 Å². The third-order valence-electron chi connectivity index (χ3n) is 0.705. The van der Waals surface area contributed by atoms with E-state index in [-0.39, 0.29) is 0 Å². The fourth-order valence-corrected chi connectivity index (χ4v) is 0.478. The van der Waals surface area contributed by atoms with E-state index in [1.807, 2.05) is 13.8 Å². The van der Waals surface area contributed by atoms with E-state index in [1.54, 1.807) is 6.08 Å². The largest absolute Gasteiger partial charge is 0.405 e. The maximum Gasteiger partial charge on any atom is 0.0389 e. The monoisotopic (exact) mass is 124 g/mol. The Morgan fingerprint density at radius 1 is 1.56 bits per heavy atom. The van der Waals surface area contributed by atoms with Gasteiger partial charge in [0.15, 0.2) is 0 Å². The Morgan fingerprint density at radius 3 is 2.44 bits per heavy atom. The Labute approximate surface area is 55.8 Å². The van der Waals surface area contributed by atoms with Gasteiger partial charge in [0, 0.05) is 11.4 Å². The van der Waals surface area contributed by atoms with Crippen LogP contribution in [-0.4, -0.2) is 5.71 Å². The van der Waals surface area contributed by atoms with E-state index in [9.17, 15) is 0 Å². The highest BCUT2D eigenvalue weighted by Gasteiger charge is 1.79. The van der Waals surface area contributed by atoms with Crippen molar-refractivity contribution < 1.29 is 0 Å². The predicted molar refractivity (Wildman–Crippen MR) is 41.3 cm³/mol. The molecule has 2 nitrogen and oxygen atoms in total. The predicted octanol–water partition coefficient (Wildman–Crippen LogP) is 1.45. The number of nitrogens with zero attached hydrogens (tertiary/aromatic N) is 1. The van der Waals surface area contributed by atoms with Crippen LogP contribution in [0.2, 0.25) is 0 Å². The quantitative estimate of drug-likeness (QED) is 0.556. The third-order valence-corrected chi connectivity index (χ3v) is 0.705. The van der Waals surface area contributed by atoms with Crippen LogP contribution in [0.4, 0.5) is 0 Å². The molecule has 0 aliphatic rings. The second kappa shape index (κ2) is 3.89. The topological polar surface area (TPSA) is 38.4 Å². The smallest absolute Gasteiger partial charge is 0.0389 e. The first-order chi connectivity index (χ1) is 4.16. The lowest BCUT2D eigenvalue weighted by atomic mass is 10.4. The van der Waals surface area contributed by atoms with Crippen molar-refractivity contribution in [2.75, 3.05) is 0 Å². The van der Waals surface area contributed by atoms with Gasteiger partial charge in [-0.3, -0.25) is 4.99 Å². The highest BCUT2D eigenvalue weighted by molar-refractivity contribution is 5.93. The highest BCUT2D eigenvalue weighted by Crippen LogP contribution is 1.90. The zero-order valence-corrected chi connectivity index (χ0v) is 5.89. The second-order valence-corrected chi connectivity index (χ2v) is 1.85. The van der Waals surface area contributed by atoms with Crippen molar-refractivity contribution in [2.24, 2.45) is 10.7 Å². The Balaban J connectivity index is 4.00. The summed E-state index contributed by atoms with van der Waals surface area (Å²) in [6, 6.07) is 0. The molecule has 0 heterocycles. The first-order valence-electron chi connectivity index (χ1n) is 2.76. The van der Waals surface area contributed by atoms with Crippen LogP contribution < -0.4 is 5.73 Å². The molecule has 0 aromatic heterocycles. The first kappa shape index (κ1) is 7.95. The number of nitrogens with two attached hydrogens (primary N) is 1. The number of allylic oxidation sites excluding steroid dienone is 2. The minimum absolute atomic E-state index is 0.797. The standard InChI is InChI=1S/C7H12N2/c1-6(2)9-7(3)4-5-8/h4-5H,1,8H2,2-3H3/b5-4-,9-7?. The van der Waals surface area contributed by atoms with E-state index in [2.05, 4.69) is 11.6 Å². The number of rotatable bonds is 2. The molecule has 0 spiro atoms. The van der Waals surface area contributed by atoms with Crippen molar-refractivity contribution in [2.45, 2.75) is 13.8 Å². The van der Waals surface area contributed by atoms with Crippen molar-refractivity contribution in [3.8, 4) is 0 Å². The van der Waals surface area contributed by atoms with Crippen LogP contribution in [0.3, 0.4) is 0 Å². The molecule has 0 aromatic carbocycles. The minimum atomic E-state index is 0.797. The summed E-state index contributed by atoms with van der Waals surface area (Å²) >= 11 is 0. The average molecular weight is 124 g/mol. The molecule has 0 aromatic rings. The Hall–Kier alpha value is -1.05. The van der Waals surface area contributed by atoms with Crippen LogP contribution >= 0.6 is 0 Å². The first-order valence-corrected chi connectivity index (χ1v) is 2.76. The summed E-state index contributed by atoms with van der Waals surface area (Å²) in [5.74, 6) is 0. The molecule has 0 aliphatic carbocycles. The lowest BCUT2D eigenvalue weighted by Crippen LogP contribution is -1.87. The number of hydrogen-bond acceptors (Lipinski definition) is 2. The molecule has 0 amide bonds. The minimum Gasteiger partial charge on any atom is -0.405 e. The summed E-state index contributed by atoms with van der Waals surface area (Å²) < 4.78 is 0. The van der Waals surface area contributed by atoms with Gasteiger partial charge in [-0.2, -0.15) is 0 Å². The Bertz CT molecular complexity index is 154. The summed E-state index contributed by atoms with van der Waals surface area (Å²) in [4.78, 5) is 4.02. The molecule has 0 fully saturated rings. The van der Waals surface area contributed by atoms with Gasteiger partial charge in [0.25, 0.3) is 0 Å². The molecule has 0 aliphatic heterocycles. The normalized spacial score (nSPS) is 12.4. The van der Waals surface area contributed by atoms with Gasteiger partial charge in [0.2, 0.25) is 0 Å². The van der Waals surface area contributed by atoms with Gasteiger partial charge < -0.3 is 5.73 Å². The number of aliphatic imine (C=N–C) groups is 1. The van der Waals surface area contributed by atoms with E-state index in [4.69, 9.17) is 5.73 Å². The fourth-order valence-electron chi connectivity index (χ4n) is 0.478. The zero-order valence-electron chi connectivity index (χ0n) is 5.89. The van der Waals surface area contributed by atoms with Crippen LogP contribution in [-0.2, 0) is 0 Å². The molecule has 2 heteroatoms. The maximum absolute atomic E-state index is 5.11. The van der Waals surface area contributed by atoms with Crippen molar-refractivity contribution >= 4 is 5.71 Å². The SMILES string of the molecule is C=C(C)N=C(C)/C=C\N. The molecule has 50 valence electrons. The van der Waals surface area contributed by atoms with Gasteiger partial charge in [0.1, 0.15) is 0 Å². The molecule has 0 saturated heterocycles. The van der Waals surface area contributed by atoms with E-state index >= 15 is 0 Å². The summed E-state index contributed by atoms with van der Waals surface area (Å²) in [6.45, 7) is 7.33. The molecule has 0 bridgehead atoms. The van der Waals surface area contributed by atoms with Gasteiger partial charge >= 0.3 is 0 Å². The highest BCUT2D eigenvalue weighted by atomic mass is 14.7. The summed E-state index contributed by atoms with van der Waals surface area (Å²) in [5, 5.41) is 0. The molecular weight excluding hydrogens is 112 g/mol. The lowest BCUT2D eigenvalue weighted by Gasteiger charge is -1.88. The summed E-state index contributed by atoms with van der Waals surface area (Å²) in [5.41, 5.74) is 6.79. The maximum atomic E-state index is 5.11. The zero-order chi connectivity index (χ0) is 7.28. The van der Waals surface area contributed by atoms with Gasteiger partial charge in [0.05, 0.1) is 0 Å². The molecule has 2 N–H and O–H groups in total. The van der Waals surface area contributed by atoms with Crippen molar-refractivity contribution in [1.82, 2.24) is 0 Å². The molecule has 0 rings (SSSR count). The molecule has 9 heavy (non-hydrogen) atoms. The van der Waals surface area contributed by atoms with Gasteiger partial charge in [-0.05, 0) is 26.1 Å². The summed E-state index contributed by atoms with van der Waals surface area (Å²) in [6.07, 6.45) is 3.19. The average Bonchev–Trinajstić information content (AvgIpc) is 1.63. The van der Waals surface area contributed by atoms with Crippen molar-refractivity contribution in [1.29, 1.82) is 0 Å². The van der Waals surface area contributed by atoms with E-state index in [0.29, 0.717) is 0 Å². The Kier molecular flexibility index (Phi) is 3.44. The summed E-state index contributed by atoms with van der Waals surface area (Å²) in [7, 11) is 0. The van der Waals surface area contributed by atoms with Gasteiger partial charge in [-0.25, -0.2) is 0 Å². The second-order valence-electron chi connectivity index (χ2n) is 1.85. The van der Waals surface area contributed by atoms with E-state index < -0.39 is 0 Å². The number of hydrogen-bond donors (Lipinski definition) is 1. The third kappa shape index (κ3) is 4.81. The van der Waals surface area contributed by atoms with E-state index in [0.717, 1.165) is 11.4 Å². The molecule has 0 atom stereocenters. The fraction of sp³-hybridized carbons (Fsp3) is 0.286. The molecular formula is C7H12N2. The van der Waals surface area contributed by atoms with Crippen molar-refractivity contribution in [3.63, 3.8) is 0 Å².